The highest BCUT2D eigenvalue weighted by Crippen LogP contribution is 2.09. The van der Waals surface area contributed by atoms with Crippen LogP contribution in [0.3, 0.4) is 0 Å². The largest absolute Gasteiger partial charge is 0.354 e. The summed E-state index contributed by atoms with van der Waals surface area (Å²) in [4.78, 5) is 12.7. The van der Waals surface area contributed by atoms with E-state index >= 15 is 0 Å². The fourth-order valence-electron chi connectivity index (χ4n) is 1.45. The van der Waals surface area contributed by atoms with E-state index in [4.69, 9.17) is 9.47 Å². The van der Waals surface area contributed by atoms with Crippen molar-refractivity contribution in [2.45, 2.75) is 25.7 Å². The van der Waals surface area contributed by atoms with Crippen molar-refractivity contribution in [2.75, 3.05) is 14.2 Å². The van der Waals surface area contributed by atoms with Gasteiger partial charge in [0.15, 0.2) is 6.29 Å². The molecule has 90 valence electrons. The molecule has 0 saturated heterocycles. The molecule has 1 unspecified atom stereocenters. The Bertz CT molecular complexity index is 309. The molecule has 0 aromatic carbocycles. The van der Waals surface area contributed by atoms with E-state index in [1.54, 1.807) is 25.6 Å². The maximum atomic E-state index is 11.6. The molecule has 0 aliphatic heterocycles. The third-order valence-electron chi connectivity index (χ3n) is 2.18. The van der Waals surface area contributed by atoms with Gasteiger partial charge in [-0.1, -0.05) is 6.07 Å². The number of amides is 1. The molecule has 0 spiro atoms. The Balaban J connectivity index is 2.39. The van der Waals surface area contributed by atoms with Gasteiger partial charge in [-0.05, 0) is 18.4 Å². The van der Waals surface area contributed by atoms with Crippen molar-refractivity contribution < 1.29 is 14.3 Å². The highest BCUT2D eigenvalue weighted by Gasteiger charge is 2.17. The molecule has 1 N–H and O–H groups in total. The molecule has 1 amide bonds. The number of ether oxygens (including phenoxy) is 2. The Kier molecular flexibility index (Phi) is 5.45. The average Bonchev–Trinajstić information content (AvgIpc) is 2.71. The van der Waals surface area contributed by atoms with Gasteiger partial charge in [0.2, 0.25) is 5.91 Å². The molecule has 0 fully saturated rings. The van der Waals surface area contributed by atoms with Crippen LogP contribution in [0.1, 0.15) is 11.8 Å². The molecule has 4 nitrogen and oxygen atoms in total. The van der Waals surface area contributed by atoms with Crippen LogP contribution in [0.15, 0.2) is 17.5 Å². The maximum absolute atomic E-state index is 11.6. The number of hydrogen-bond donors (Lipinski definition) is 1. The zero-order valence-corrected chi connectivity index (χ0v) is 10.5. The molecule has 16 heavy (non-hydrogen) atoms. The summed E-state index contributed by atoms with van der Waals surface area (Å²) < 4.78 is 10.1. The first-order valence-corrected chi connectivity index (χ1v) is 5.92. The molecule has 0 saturated carbocycles. The average molecular weight is 243 g/mol. The third-order valence-corrected chi connectivity index (χ3v) is 3.05. The van der Waals surface area contributed by atoms with Crippen LogP contribution in [0.25, 0.3) is 0 Å². The van der Waals surface area contributed by atoms with Gasteiger partial charge in [0, 0.05) is 19.1 Å². The lowest BCUT2D eigenvalue weighted by molar-refractivity contribution is -0.135. The first kappa shape index (κ1) is 13.2. The molecule has 1 aromatic rings. The number of thiophene rings is 1. The van der Waals surface area contributed by atoms with Crippen molar-refractivity contribution in [2.24, 2.45) is 0 Å². The number of carbonyl (C=O) groups excluding carboxylic acids is 1. The summed E-state index contributed by atoms with van der Waals surface area (Å²) >= 11 is 1.57. The lowest BCUT2D eigenvalue weighted by atomic mass is 10.2. The summed E-state index contributed by atoms with van der Waals surface area (Å²) in [5.74, 6) is -0.0194. The third kappa shape index (κ3) is 3.92. The summed E-state index contributed by atoms with van der Waals surface area (Å²) in [6, 6.07) is 3.71. The minimum absolute atomic E-state index is 0.0194. The molecule has 1 aromatic heterocycles. The summed E-state index contributed by atoms with van der Waals surface area (Å²) in [6.45, 7) is 1.85. The van der Waals surface area contributed by atoms with Crippen molar-refractivity contribution in [3.8, 4) is 0 Å². The lowest BCUT2D eigenvalue weighted by Crippen LogP contribution is -2.43. The van der Waals surface area contributed by atoms with Crippen LogP contribution in [-0.2, 0) is 20.7 Å². The van der Waals surface area contributed by atoms with Gasteiger partial charge in [-0.15, -0.1) is 11.3 Å². The molecule has 0 aliphatic rings. The van der Waals surface area contributed by atoms with E-state index in [9.17, 15) is 4.79 Å². The van der Waals surface area contributed by atoms with Gasteiger partial charge >= 0.3 is 0 Å². The van der Waals surface area contributed by atoms with E-state index < -0.39 is 6.29 Å². The predicted octanol–water partition coefficient (Wildman–Crippen LogP) is 1.41. The number of rotatable bonds is 6. The second-order valence-electron chi connectivity index (χ2n) is 3.45. The van der Waals surface area contributed by atoms with E-state index in [0.29, 0.717) is 6.42 Å². The minimum Gasteiger partial charge on any atom is -0.354 e. The molecule has 1 heterocycles. The summed E-state index contributed by atoms with van der Waals surface area (Å²) in [7, 11) is 3.10. The van der Waals surface area contributed by atoms with Gasteiger partial charge < -0.3 is 14.8 Å². The standard InChI is InChI=1S/C11H17NO3S/c1-8(11(14-2)15-3)12-10(13)7-9-5-4-6-16-9/h4-6,8,11H,7H2,1-3H3,(H,12,13). The van der Waals surface area contributed by atoms with Crippen LogP contribution in [0.2, 0.25) is 0 Å². The number of nitrogens with one attached hydrogen (secondary N) is 1. The zero-order chi connectivity index (χ0) is 12.0. The van der Waals surface area contributed by atoms with Crippen molar-refractivity contribution in [1.29, 1.82) is 0 Å². The van der Waals surface area contributed by atoms with Gasteiger partial charge in [-0.2, -0.15) is 0 Å². The highest BCUT2D eigenvalue weighted by atomic mass is 32.1. The van der Waals surface area contributed by atoms with Crippen LogP contribution < -0.4 is 5.32 Å². The fourth-order valence-corrected chi connectivity index (χ4v) is 2.15. The number of methoxy groups -OCH3 is 2. The number of carbonyl (C=O) groups is 1. The van der Waals surface area contributed by atoms with Gasteiger partial charge in [0.1, 0.15) is 0 Å². The molecule has 0 radical (unpaired) electrons. The van der Waals surface area contributed by atoms with Gasteiger partial charge in [-0.25, -0.2) is 0 Å². The first-order chi connectivity index (χ1) is 7.67. The van der Waals surface area contributed by atoms with Crippen LogP contribution in [0.5, 0.6) is 0 Å². The Hall–Kier alpha value is -0.910. The first-order valence-electron chi connectivity index (χ1n) is 5.04. The summed E-state index contributed by atoms with van der Waals surface area (Å²) in [6.07, 6.45) is -0.00500. The number of hydrogen-bond acceptors (Lipinski definition) is 4. The van der Waals surface area contributed by atoms with Gasteiger partial charge in [0.05, 0.1) is 12.5 Å². The molecular weight excluding hydrogens is 226 g/mol. The summed E-state index contributed by atoms with van der Waals surface area (Å²) in [5.41, 5.74) is 0. The van der Waals surface area contributed by atoms with Crippen LogP contribution >= 0.6 is 11.3 Å². The van der Waals surface area contributed by atoms with Crippen molar-refractivity contribution in [3.63, 3.8) is 0 Å². The molecule has 0 aliphatic carbocycles. The molecule has 5 heteroatoms. The topological polar surface area (TPSA) is 47.6 Å². The van der Waals surface area contributed by atoms with E-state index in [-0.39, 0.29) is 11.9 Å². The minimum atomic E-state index is -0.410. The smallest absolute Gasteiger partial charge is 0.225 e. The maximum Gasteiger partial charge on any atom is 0.225 e. The monoisotopic (exact) mass is 243 g/mol. The Morgan fingerprint density at radius 3 is 2.69 bits per heavy atom. The Morgan fingerprint density at radius 1 is 1.50 bits per heavy atom. The second-order valence-corrected chi connectivity index (χ2v) is 4.48. The van der Waals surface area contributed by atoms with Crippen molar-refractivity contribution in [1.82, 2.24) is 5.32 Å². The zero-order valence-electron chi connectivity index (χ0n) is 9.73. The van der Waals surface area contributed by atoms with E-state index in [2.05, 4.69) is 5.32 Å². The van der Waals surface area contributed by atoms with Gasteiger partial charge in [0.25, 0.3) is 0 Å². The van der Waals surface area contributed by atoms with E-state index in [0.717, 1.165) is 4.88 Å². The van der Waals surface area contributed by atoms with E-state index in [1.807, 2.05) is 24.4 Å². The summed E-state index contributed by atoms with van der Waals surface area (Å²) in [5, 5.41) is 4.80. The van der Waals surface area contributed by atoms with Gasteiger partial charge in [-0.3, -0.25) is 4.79 Å². The predicted molar refractivity (Wildman–Crippen MR) is 63.4 cm³/mol. The van der Waals surface area contributed by atoms with Crippen LogP contribution in [0.4, 0.5) is 0 Å². The lowest BCUT2D eigenvalue weighted by Gasteiger charge is -2.21. The van der Waals surface area contributed by atoms with Crippen LogP contribution in [-0.4, -0.2) is 32.5 Å². The molecule has 0 bridgehead atoms. The SMILES string of the molecule is COC(OC)C(C)NC(=O)Cc1cccs1. The Morgan fingerprint density at radius 2 is 2.19 bits per heavy atom. The Labute approximate surface area is 99.6 Å². The highest BCUT2D eigenvalue weighted by molar-refractivity contribution is 7.10. The second kappa shape index (κ2) is 6.62. The molecule has 1 atom stereocenters. The van der Waals surface area contributed by atoms with Crippen molar-refractivity contribution in [3.05, 3.63) is 22.4 Å². The quantitative estimate of drug-likeness (QED) is 0.769. The fraction of sp³-hybridized carbons (Fsp3) is 0.545. The normalized spacial score (nSPS) is 12.8. The van der Waals surface area contributed by atoms with Crippen molar-refractivity contribution >= 4 is 17.2 Å². The van der Waals surface area contributed by atoms with E-state index in [1.165, 1.54) is 0 Å². The molecular formula is C11H17NO3S. The molecule has 1 rings (SSSR count). The van der Waals surface area contributed by atoms with Crippen LogP contribution in [0, 0.1) is 0 Å².